The fraction of sp³-hybridized carbons (Fsp3) is 0.250. The van der Waals surface area contributed by atoms with Gasteiger partial charge in [0.15, 0.2) is 0 Å². The first-order valence-electron chi connectivity index (χ1n) is 9.87. The minimum Gasteiger partial charge on any atom is -0.399 e. The lowest BCUT2D eigenvalue weighted by molar-refractivity contribution is 0.590. The van der Waals surface area contributed by atoms with Crippen LogP contribution < -0.4 is 17.0 Å². The van der Waals surface area contributed by atoms with E-state index in [9.17, 15) is 9.59 Å². The van der Waals surface area contributed by atoms with Crippen LogP contribution in [0.2, 0.25) is 0 Å². The number of aryl methyl sites for hydroxylation is 1. The number of hydrogen-bond acceptors (Lipinski definition) is 3. The van der Waals surface area contributed by atoms with Crippen LogP contribution in [0.15, 0.2) is 64.3 Å². The molecule has 0 bridgehead atoms. The molecule has 4 rings (SSSR count). The molecule has 154 valence electrons. The number of hydrogen-bond donors (Lipinski definition) is 1. The van der Waals surface area contributed by atoms with Crippen LogP contribution in [0.4, 0.5) is 5.69 Å². The number of benzene rings is 2. The molecule has 0 atom stereocenters. The minimum atomic E-state index is -0.355. The Morgan fingerprint density at radius 3 is 2.17 bits per heavy atom. The van der Waals surface area contributed by atoms with Crippen LogP contribution in [0.3, 0.4) is 0 Å². The average Bonchev–Trinajstić information content (AvgIpc) is 3.11. The van der Waals surface area contributed by atoms with Crippen LogP contribution in [-0.2, 0) is 19.5 Å². The Kier molecular flexibility index (Phi) is 4.45. The first-order valence-corrected chi connectivity index (χ1v) is 9.87. The number of nitrogens with two attached hydrogens (primary N) is 1. The van der Waals surface area contributed by atoms with Crippen molar-refractivity contribution in [3.05, 3.63) is 81.1 Å². The van der Waals surface area contributed by atoms with E-state index in [0.29, 0.717) is 16.6 Å². The third kappa shape index (κ3) is 3.05. The molecule has 0 amide bonds. The lowest BCUT2D eigenvalue weighted by atomic mass is 9.86. The van der Waals surface area contributed by atoms with E-state index < -0.39 is 0 Å². The Morgan fingerprint density at radius 2 is 1.57 bits per heavy atom. The maximum Gasteiger partial charge on any atom is 0.330 e. The van der Waals surface area contributed by atoms with Crippen molar-refractivity contribution in [2.24, 2.45) is 14.1 Å². The van der Waals surface area contributed by atoms with Crippen LogP contribution in [0.1, 0.15) is 26.3 Å². The topological polar surface area (TPSA) is 75.0 Å². The van der Waals surface area contributed by atoms with Crippen molar-refractivity contribution in [1.29, 1.82) is 0 Å². The van der Waals surface area contributed by atoms with Gasteiger partial charge in [0.25, 0.3) is 5.56 Å². The molecule has 2 heterocycles. The molecule has 0 aliphatic rings. The van der Waals surface area contributed by atoms with Crippen molar-refractivity contribution >= 4 is 16.6 Å². The number of aromatic nitrogens is 3. The smallest absolute Gasteiger partial charge is 0.330 e. The van der Waals surface area contributed by atoms with Gasteiger partial charge in [0.2, 0.25) is 0 Å². The second-order valence-corrected chi connectivity index (χ2v) is 8.74. The normalized spacial score (nSPS) is 11.9. The summed E-state index contributed by atoms with van der Waals surface area (Å²) in [6.45, 7) is 6.50. The highest BCUT2D eigenvalue weighted by Crippen LogP contribution is 2.33. The molecule has 0 aliphatic heterocycles. The van der Waals surface area contributed by atoms with Gasteiger partial charge in [0, 0.05) is 31.7 Å². The molecule has 0 spiro atoms. The van der Waals surface area contributed by atoms with E-state index in [1.54, 1.807) is 7.05 Å². The summed E-state index contributed by atoms with van der Waals surface area (Å²) in [6.07, 6.45) is 1.83. The van der Waals surface area contributed by atoms with Gasteiger partial charge in [0.1, 0.15) is 0 Å². The Morgan fingerprint density at radius 1 is 0.900 bits per heavy atom. The zero-order valence-corrected chi connectivity index (χ0v) is 17.9. The Labute approximate surface area is 174 Å². The summed E-state index contributed by atoms with van der Waals surface area (Å²) < 4.78 is 4.60. The van der Waals surface area contributed by atoms with Crippen molar-refractivity contribution < 1.29 is 0 Å². The van der Waals surface area contributed by atoms with Crippen LogP contribution in [-0.4, -0.2) is 13.7 Å². The average molecular weight is 402 g/mol. The molecule has 0 aliphatic carbocycles. The summed E-state index contributed by atoms with van der Waals surface area (Å²) >= 11 is 0. The number of fused-ring (bicyclic) bond motifs is 1. The van der Waals surface area contributed by atoms with Gasteiger partial charge < -0.3 is 10.3 Å². The van der Waals surface area contributed by atoms with Crippen molar-refractivity contribution in [3.8, 4) is 16.9 Å². The van der Waals surface area contributed by atoms with E-state index in [4.69, 9.17) is 5.73 Å². The molecule has 2 aromatic carbocycles. The summed E-state index contributed by atoms with van der Waals surface area (Å²) in [7, 11) is 3.19. The zero-order chi connectivity index (χ0) is 21.8. The maximum absolute atomic E-state index is 13.1. The number of anilines is 1. The van der Waals surface area contributed by atoms with Crippen molar-refractivity contribution in [1.82, 2.24) is 13.7 Å². The predicted molar refractivity (Wildman–Crippen MR) is 122 cm³/mol. The second-order valence-electron chi connectivity index (χ2n) is 8.74. The minimum absolute atomic E-state index is 0.0243. The highest BCUT2D eigenvalue weighted by atomic mass is 16.2. The number of nitrogen functional groups attached to an aromatic ring is 1. The molecule has 30 heavy (non-hydrogen) atoms. The molecule has 0 saturated heterocycles. The molecule has 0 radical (unpaired) electrons. The first-order chi connectivity index (χ1) is 14.1. The van der Waals surface area contributed by atoms with E-state index in [0.717, 1.165) is 21.5 Å². The Bertz CT molecular complexity index is 1380. The SMILES string of the molecule is Cn1c(=O)c2c(-c3ccc(C(C)(C)C)cc3)n(-c3cccc(N)c3)cc2n(C)c1=O. The van der Waals surface area contributed by atoms with Crippen molar-refractivity contribution in [2.75, 3.05) is 5.73 Å². The van der Waals surface area contributed by atoms with Crippen LogP contribution in [0.5, 0.6) is 0 Å². The molecule has 6 nitrogen and oxygen atoms in total. The number of nitrogens with zero attached hydrogens (tertiary/aromatic N) is 3. The summed E-state index contributed by atoms with van der Waals surface area (Å²) in [5, 5.41) is 0.505. The quantitative estimate of drug-likeness (QED) is 0.521. The third-order valence-electron chi connectivity index (χ3n) is 5.61. The Hall–Kier alpha value is -3.54. The fourth-order valence-electron chi connectivity index (χ4n) is 3.83. The van der Waals surface area contributed by atoms with E-state index in [-0.39, 0.29) is 16.7 Å². The lowest BCUT2D eigenvalue weighted by Crippen LogP contribution is -2.36. The molecule has 4 aromatic rings. The molecule has 0 saturated carbocycles. The molecule has 0 unspecified atom stereocenters. The summed E-state index contributed by atoms with van der Waals surface area (Å²) in [6, 6.07) is 15.7. The van der Waals surface area contributed by atoms with Gasteiger partial charge in [-0.15, -0.1) is 0 Å². The van der Waals surface area contributed by atoms with Crippen molar-refractivity contribution in [3.63, 3.8) is 0 Å². The van der Waals surface area contributed by atoms with Gasteiger partial charge in [0.05, 0.1) is 16.6 Å². The monoisotopic (exact) mass is 402 g/mol. The largest absolute Gasteiger partial charge is 0.399 e. The van der Waals surface area contributed by atoms with Gasteiger partial charge >= 0.3 is 5.69 Å². The van der Waals surface area contributed by atoms with Gasteiger partial charge in [-0.25, -0.2) is 4.79 Å². The van der Waals surface area contributed by atoms with Gasteiger partial charge in [-0.3, -0.25) is 13.9 Å². The first kappa shape index (κ1) is 19.8. The van der Waals surface area contributed by atoms with Crippen LogP contribution in [0, 0.1) is 0 Å². The zero-order valence-electron chi connectivity index (χ0n) is 17.9. The third-order valence-corrected chi connectivity index (χ3v) is 5.61. The fourth-order valence-corrected chi connectivity index (χ4v) is 3.83. The summed E-state index contributed by atoms with van der Waals surface area (Å²) in [5.41, 5.74) is 10.3. The maximum atomic E-state index is 13.1. The van der Waals surface area contributed by atoms with Crippen molar-refractivity contribution in [2.45, 2.75) is 26.2 Å². The molecular formula is C24H26N4O2. The molecule has 6 heteroatoms. The number of rotatable bonds is 2. The van der Waals surface area contributed by atoms with Gasteiger partial charge in [-0.2, -0.15) is 0 Å². The highest BCUT2D eigenvalue weighted by Gasteiger charge is 2.21. The Balaban J connectivity index is 2.12. The van der Waals surface area contributed by atoms with E-state index in [1.165, 1.54) is 17.2 Å². The lowest BCUT2D eigenvalue weighted by Gasteiger charge is -2.19. The van der Waals surface area contributed by atoms with Crippen LogP contribution in [0.25, 0.3) is 27.8 Å². The predicted octanol–water partition coefficient (Wildman–Crippen LogP) is 3.57. The van der Waals surface area contributed by atoms with Crippen LogP contribution >= 0.6 is 0 Å². The second kappa shape index (κ2) is 6.76. The molecular weight excluding hydrogens is 376 g/mol. The molecule has 2 N–H and O–H groups in total. The van der Waals surface area contributed by atoms with Gasteiger partial charge in [-0.1, -0.05) is 51.1 Å². The standard InChI is InChI=1S/C24H26N4O2/c1-24(2,3)16-11-9-15(10-12-16)21-20-19(26(4)23(30)27(5)22(20)29)14-28(21)18-8-6-7-17(25)13-18/h6-14H,25H2,1-5H3. The summed E-state index contributed by atoms with van der Waals surface area (Å²) in [5.74, 6) is 0. The molecule has 2 aromatic heterocycles. The van der Waals surface area contributed by atoms with E-state index in [1.807, 2.05) is 47.2 Å². The van der Waals surface area contributed by atoms with E-state index in [2.05, 4.69) is 32.9 Å². The van der Waals surface area contributed by atoms with E-state index >= 15 is 0 Å². The highest BCUT2D eigenvalue weighted by molar-refractivity contribution is 5.95. The molecule has 0 fully saturated rings. The van der Waals surface area contributed by atoms with Gasteiger partial charge in [-0.05, 0) is 34.7 Å². The summed E-state index contributed by atoms with van der Waals surface area (Å²) in [4.78, 5) is 25.6.